The standard InChI is InChI=1S/C17H19N3O5S/c1-23-13-5-4-11(8-14(13)24-2)19-17(26)20-18-9-10-6-12(21)16(22)15(7-10)25-3/h4-9,21-22H,1-3H3,(H2,19,20,26)/b18-9+. The summed E-state index contributed by atoms with van der Waals surface area (Å²) in [6.45, 7) is 0. The zero-order chi connectivity index (χ0) is 19.1. The van der Waals surface area contributed by atoms with E-state index in [4.69, 9.17) is 26.4 Å². The van der Waals surface area contributed by atoms with E-state index in [9.17, 15) is 10.2 Å². The Morgan fingerprint density at radius 1 is 1.00 bits per heavy atom. The Balaban J connectivity index is 2.01. The maximum Gasteiger partial charge on any atom is 0.200 e. The highest BCUT2D eigenvalue weighted by Gasteiger charge is 2.09. The Hall–Kier alpha value is -3.20. The first-order valence-corrected chi connectivity index (χ1v) is 7.81. The van der Waals surface area contributed by atoms with Crippen LogP contribution in [0, 0.1) is 0 Å². The number of hydrazone groups is 1. The highest BCUT2D eigenvalue weighted by molar-refractivity contribution is 7.80. The fourth-order valence-electron chi connectivity index (χ4n) is 2.08. The van der Waals surface area contributed by atoms with E-state index in [1.54, 1.807) is 32.4 Å². The maximum atomic E-state index is 9.64. The highest BCUT2D eigenvalue weighted by Crippen LogP contribution is 2.35. The number of methoxy groups -OCH3 is 3. The van der Waals surface area contributed by atoms with E-state index in [2.05, 4.69) is 15.8 Å². The Labute approximate surface area is 156 Å². The van der Waals surface area contributed by atoms with Crippen LogP contribution in [0.3, 0.4) is 0 Å². The molecule has 0 bridgehead atoms. The molecule has 0 saturated heterocycles. The topological polar surface area (TPSA) is 105 Å². The first kappa shape index (κ1) is 19.1. The van der Waals surface area contributed by atoms with Crippen molar-refractivity contribution in [2.45, 2.75) is 0 Å². The summed E-state index contributed by atoms with van der Waals surface area (Å²) in [5, 5.41) is 26.4. The van der Waals surface area contributed by atoms with Crippen LogP contribution in [0.15, 0.2) is 35.4 Å². The predicted molar refractivity (Wildman–Crippen MR) is 103 cm³/mol. The third-order valence-electron chi connectivity index (χ3n) is 3.32. The fourth-order valence-corrected chi connectivity index (χ4v) is 2.25. The van der Waals surface area contributed by atoms with Crippen molar-refractivity contribution in [2.75, 3.05) is 26.6 Å². The van der Waals surface area contributed by atoms with Gasteiger partial charge in [0.1, 0.15) is 0 Å². The Morgan fingerprint density at radius 3 is 2.35 bits per heavy atom. The molecule has 0 spiro atoms. The van der Waals surface area contributed by atoms with Crippen LogP contribution in [0.4, 0.5) is 5.69 Å². The van der Waals surface area contributed by atoms with Crippen LogP contribution in [0.5, 0.6) is 28.7 Å². The zero-order valence-electron chi connectivity index (χ0n) is 14.4. The van der Waals surface area contributed by atoms with Gasteiger partial charge in [0.25, 0.3) is 0 Å². The first-order valence-electron chi connectivity index (χ1n) is 7.40. The van der Waals surface area contributed by atoms with E-state index in [1.165, 1.54) is 25.5 Å². The van der Waals surface area contributed by atoms with E-state index in [0.717, 1.165) is 0 Å². The molecule has 0 amide bonds. The van der Waals surface area contributed by atoms with Gasteiger partial charge in [-0.25, -0.2) is 0 Å². The van der Waals surface area contributed by atoms with Crippen LogP contribution in [-0.4, -0.2) is 42.9 Å². The number of hydrogen-bond donors (Lipinski definition) is 4. The van der Waals surface area contributed by atoms with E-state index in [-0.39, 0.29) is 22.4 Å². The Morgan fingerprint density at radius 2 is 1.69 bits per heavy atom. The molecular weight excluding hydrogens is 358 g/mol. The number of ether oxygens (including phenoxy) is 3. The lowest BCUT2D eigenvalue weighted by Crippen LogP contribution is -2.23. The van der Waals surface area contributed by atoms with Crippen molar-refractivity contribution in [3.05, 3.63) is 35.9 Å². The number of aromatic hydroxyl groups is 2. The van der Waals surface area contributed by atoms with Gasteiger partial charge in [-0.05, 0) is 36.5 Å². The number of hydrogen-bond acceptors (Lipinski definition) is 7. The largest absolute Gasteiger partial charge is 0.504 e. The molecule has 8 nitrogen and oxygen atoms in total. The summed E-state index contributed by atoms with van der Waals surface area (Å²) in [5.74, 6) is 0.670. The van der Waals surface area contributed by atoms with Crippen LogP contribution in [0.2, 0.25) is 0 Å². The van der Waals surface area contributed by atoms with Crippen LogP contribution in [0.1, 0.15) is 5.56 Å². The summed E-state index contributed by atoms with van der Waals surface area (Å²) in [7, 11) is 4.49. The SMILES string of the molecule is COc1ccc(NC(=S)N/N=C/c2cc(O)c(O)c(OC)c2)cc1OC. The molecule has 2 rings (SSSR count). The number of nitrogens with zero attached hydrogens (tertiary/aromatic N) is 1. The molecular formula is C17H19N3O5S. The highest BCUT2D eigenvalue weighted by atomic mass is 32.1. The smallest absolute Gasteiger partial charge is 0.200 e. The number of thiocarbonyl (C=S) groups is 1. The third kappa shape index (κ3) is 4.67. The normalized spacial score (nSPS) is 10.4. The average molecular weight is 377 g/mol. The maximum absolute atomic E-state index is 9.64. The lowest BCUT2D eigenvalue weighted by atomic mass is 10.2. The number of anilines is 1. The van der Waals surface area contributed by atoms with Crippen molar-refractivity contribution >= 4 is 29.2 Å². The van der Waals surface area contributed by atoms with Gasteiger partial charge in [-0.2, -0.15) is 5.10 Å². The van der Waals surface area contributed by atoms with Gasteiger partial charge in [-0.3, -0.25) is 5.43 Å². The molecule has 0 aliphatic rings. The van der Waals surface area contributed by atoms with Crippen molar-refractivity contribution in [1.29, 1.82) is 0 Å². The van der Waals surface area contributed by atoms with Crippen molar-refractivity contribution in [3.8, 4) is 28.7 Å². The molecule has 0 aliphatic carbocycles. The third-order valence-corrected chi connectivity index (χ3v) is 3.51. The minimum absolute atomic E-state index is 0.137. The molecule has 0 unspecified atom stereocenters. The van der Waals surface area contributed by atoms with Gasteiger partial charge in [0.15, 0.2) is 28.1 Å². The predicted octanol–water partition coefficient (Wildman–Crippen LogP) is 2.44. The van der Waals surface area contributed by atoms with Crippen LogP contribution >= 0.6 is 12.2 Å². The lowest BCUT2D eigenvalue weighted by molar-refractivity contribution is 0.351. The van der Waals surface area contributed by atoms with Gasteiger partial charge in [0.05, 0.1) is 27.5 Å². The molecule has 0 heterocycles. The number of benzene rings is 2. The summed E-state index contributed by atoms with van der Waals surface area (Å²) in [6, 6.07) is 8.12. The molecule has 0 radical (unpaired) electrons. The van der Waals surface area contributed by atoms with Gasteiger partial charge < -0.3 is 29.7 Å². The Bertz CT molecular complexity index is 826. The number of nitrogens with one attached hydrogen (secondary N) is 2. The monoisotopic (exact) mass is 377 g/mol. The quantitative estimate of drug-likeness (QED) is 0.263. The Kier molecular flexibility index (Phi) is 6.45. The fraction of sp³-hybridized carbons (Fsp3) is 0.176. The first-order chi connectivity index (χ1) is 12.5. The van der Waals surface area contributed by atoms with Crippen molar-refractivity contribution in [2.24, 2.45) is 5.10 Å². The summed E-state index contributed by atoms with van der Waals surface area (Å²) < 4.78 is 15.4. The van der Waals surface area contributed by atoms with Crippen LogP contribution < -0.4 is 25.0 Å². The summed E-state index contributed by atoms with van der Waals surface area (Å²) in [4.78, 5) is 0. The second kappa shape index (κ2) is 8.77. The molecule has 4 N–H and O–H groups in total. The van der Waals surface area contributed by atoms with Crippen molar-refractivity contribution < 1.29 is 24.4 Å². The van der Waals surface area contributed by atoms with Gasteiger partial charge in [-0.1, -0.05) is 0 Å². The molecule has 0 aromatic heterocycles. The molecule has 0 aliphatic heterocycles. The zero-order valence-corrected chi connectivity index (χ0v) is 15.3. The number of phenolic OH excluding ortho intramolecular Hbond substituents is 2. The molecule has 138 valence electrons. The molecule has 0 atom stereocenters. The van der Waals surface area contributed by atoms with Crippen molar-refractivity contribution in [3.63, 3.8) is 0 Å². The molecule has 2 aromatic carbocycles. The second-order valence-electron chi connectivity index (χ2n) is 4.98. The van der Waals surface area contributed by atoms with Crippen LogP contribution in [-0.2, 0) is 0 Å². The molecule has 9 heteroatoms. The summed E-state index contributed by atoms with van der Waals surface area (Å²) in [5.41, 5.74) is 3.86. The van der Waals surface area contributed by atoms with Crippen molar-refractivity contribution in [1.82, 2.24) is 5.43 Å². The number of rotatable bonds is 6. The average Bonchev–Trinajstić information content (AvgIpc) is 2.64. The lowest BCUT2D eigenvalue weighted by Gasteiger charge is -2.11. The van der Waals surface area contributed by atoms with Gasteiger partial charge in [-0.15, -0.1) is 0 Å². The summed E-state index contributed by atoms with van der Waals surface area (Å²) >= 11 is 5.17. The van der Waals surface area contributed by atoms with E-state index < -0.39 is 0 Å². The minimum Gasteiger partial charge on any atom is -0.504 e. The van der Waals surface area contributed by atoms with Crippen LogP contribution in [0.25, 0.3) is 0 Å². The molecule has 0 fully saturated rings. The molecule has 0 saturated carbocycles. The number of phenols is 2. The molecule has 26 heavy (non-hydrogen) atoms. The van der Waals surface area contributed by atoms with Gasteiger partial charge in [0.2, 0.25) is 5.75 Å². The second-order valence-corrected chi connectivity index (χ2v) is 5.39. The van der Waals surface area contributed by atoms with E-state index in [1.807, 2.05) is 0 Å². The summed E-state index contributed by atoms with van der Waals surface area (Å²) in [6.07, 6.45) is 1.42. The van der Waals surface area contributed by atoms with E-state index in [0.29, 0.717) is 22.7 Å². The van der Waals surface area contributed by atoms with Gasteiger partial charge >= 0.3 is 0 Å². The van der Waals surface area contributed by atoms with Gasteiger partial charge in [0, 0.05) is 17.3 Å². The van der Waals surface area contributed by atoms with E-state index >= 15 is 0 Å². The molecule has 2 aromatic rings. The minimum atomic E-state index is -0.330.